The molecule has 1 heterocycles. The SMILES string of the molecule is CCC(C)(C)C(=O)C(=O)N1CCC(C[C@H](C)c2ccc(C(F)(F)F)cc2)C1C(=O)S. The van der Waals surface area contributed by atoms with Gasteiger partial charge in [-0.05, 0) is 48.8 Å². The number of likely N-dealkylation sites (tertiary alicyclic amines) is 1. The first-order valence-electron chi connectivity index (χ1n) is 10.0. The Balaban J connectivity index is 2.15. The molecule has 4 nitrogen and oxygen atoms in total. The second-order valence-electron chi connectivity index (χ2n) is 8.65. The number of hydrogen-bond donors (Lipinski definition) is 1. The molecule has 1 aliphatic rings. The van der Waals surface area contributed by atoms with Crippen molar-refractivity contribution in [2.24, 2.45) is 11.3 Å². The van der Waals surface area contributed by atoms with Crippen LogP contribution in [0.15, 0.2) is 24.3 Å². The van der Waals surface area contributed by atoms with Gasteiger partial charge in [0, 0.05) is 12.0 Å². The number of halogens is 3. The Kier molecular flexibility index (Phi) is 7.43. The molecule has 30 heavy (non-hydrogen) atoms. The van der Waals surface area contributed by atoms with Crippen LogP contribution in [0.1, 0.15) is 64.0 Å². The summed E-state index contributed by atoms with van der Waals surface area (Å²) in [4.78, 5) is 38.9. The molecule has 1 aromatic carbocycles. The van der Waals surface area contributed by atoms with E-state index in [0.717, 1.165) is 17.7 Å². The summed E-state index contributed by atoms with van der Waals surface area (Å²) in [6.45, 7) is 7.38. The third-order valence-corrected chi connectivity index (χ3v) is 6.46. The molecule has 2 unspecified atom stereocenters. The van der Waals surface area contributed by atoms with Gasteiger partial charge < -0.3 is 4.90 Å². The van der Waals surface area contributed by atoms with Gasteiger partial charge in [-0.2, -0.15) is 13.2 Å². The Morgan fingerprint density at radius 3 is 2.20 bits per heavy atom. The Morgan fingerprint density at radius 2 is 1.73 bits per heavy atom. The molecule has 3 atom stereocenters. The lowest BCUT2D eigenvalue weighted by Gasteiger charge is -2.29. The van der Waals surface area contributed by atoms with Crippen LogP contribution in [0.25, 0.3) is 0 Å². The van der Waals surface area contributed by atoms with Gasteiger partial charge in [-0.25, -0.2) is 0 Å². The van der Waals surface area contributed by atoms with Gasteiger partial charge in [0.25, 0.3) is 5.91 Å². The summed E-state index contributed by atoms with van der Waals surface area (Å²) < 4.78 is 38.3. The molecule has 2 rings (SSSR count). The average molecular weight is 444 g/mol. The highest BCUT2D eigenvalue weighted by Crippen LogP contribution is 2.37. The minimum absolute atomic E-state index is 0.120. The number of nitrogens with zero attached hydrogens (tertiary/aromatic N) is 1. The van der Waals surface area contributed by atoms with Crippen molar-refractivity contribution in [1.82, 2.24) is 4.90 Å². The van der Waals surface area contributed by atoms with E-state index in [1.807, 2.05) is 13.8 Å². The van der Waals surface area contributed by atoms with Gasteiger partial charge in [0.1, 0.15) is 6.04 Å². The van der Waals surface area contributed by atoms with Crippen molar-refractivity contribution in [1.29, 1.82) is 0 Å². The second kappa shape index (κ2) is 9.12. The number of ketones is 1. The third-order valence-electron chi connectivity index (χ3n) is 6.19. The number of thiol groups is 1. The predicted octanol–water partition coefficient (Wildman–Crippen LogP) is 4.88. The fourth-order valence-electron chi connectivity index (χ4n) is 3.84. The number of alkyl halides is 3. The number of carbonyl (C=O) groups is 3. The zero-order chi connectivity index (χ0) is 22.9. The molecule has 1 amide bonds. The van der Waals surface area contributed by atoms with E-state index in [1.54, 1.807) is 13.8 Å². The normalized spacial score (nSPS) is 20.9. The van der Waals surface area contributed by atoms with Crippen LogP contribution in [-0.4, -0.2) is 34.3 Å². The lowest BCUT2D eigenvalue weighted by molar-refractivity contribution is -0.150. The number of hydrogen-bond acceptors (Lipinski definition) is 3. The number of carbonyl (C=O) groups excluding carboxylic acids is 3. The zero-order valence-electron chi connectivity index (χ0n) is 17.6. The van der Waals surface area contributed by atoms with E-state index in [9.17, 15) is 27.6 Å². The molecule has 1 aliphatic heterocycles. The molecule has 1 saturated heterocycles. The van der Waals surface area contributed by atoms with Gasteiger partial charge >= 0.3 is 6.18 Å². The van der Waals surface area contributed by atoms with Gasteiger partial charge in [0.15, 0.2) is 0 Å². The number of amides is 1. The van der Waals surface area contributed by atoms with Crippen LogP contribution >= 0.6 is 12.6 Å². The molecule has 0 N–H and O–H groups in total. The molecule has 166 valence electrons. The largest absolute Gasteiger partial charge is 0.416 e. The summed E-state index contributed by atoms with van der Waals surface area (Å²) in [5.41, 5.74) is -0.801. The summed E-state index contributed by atoms with van der Waals surface area (Å²) in [6.07, 6.45) is -2.86. The minimum atomic E-state index is -4.39. The maximum atomic E-state index is 12.8. The maximum Gasteiger partial charge on any atom is 0.416 e. The zero-order valence-corrected chi connectivity index (χ0v) is 18.5. The van der Waals surface area contributed by atoms with E-state index < -0.39 is 40.0 Å². The van der Waals surface area contributed by atoms with Crippen LogP contribution in [0.5, 0.6) is 0 Å². The highest BCUT2D eigenvalue weighted by molar-refractivity contribution is 7.96. The molecule has 1 fully saturated rings. The summed E-state index contributed by atoms with van der Waals surface area (Å²) in [5, 5.41) is -0.479. The Hall–Kier alpha value is -1.83. The molecule has 0 bridgehead atoms. The highest BCUT2D eigenvalue weighted by atomic mass is 32.1. The fraction of sp³-hybridized carbons (Fsp3) is 0.591. The van der Waals surface area contributed by atoms with E-state index in [4.69, 9.17) is 0 Å². The van der Waals surface area contributed by atoms with Crippen molar-refractivity contribution in [3.8, 4) is 0 Å². The van der Waals surface area contributed by atoms with E-state index >= 15 is 0 Å². The number of Topliss-reactive ketones (excluding diaryl/α,β-unsaturated/α-hetero) is 1. The first-order chi connectivity index (χ1) is 13.8. The minimum Gasteiger partial charge on any atom is -0.325 e. The molecule has 0 spiro atoms. The lowest BCUT2D eigenvalue weighted by Crippen LogP contribution is -2.48. The first-order valence-corrected chi connectivity index (χ1v) is 10.5. The van der Waals surface area contributed by atoms with Crippen LogP contribution < -0.4 is 0 Å². The van der Waals surface area contributed by atoms with Gasteiger partial charge in [0.2, 0.25) is 10.9 Å². The van der Waals surface area contributed by atoms with Crippen molar-refractivity contribution >= 4 is 29.4 Å². The average Bonchev–Trinajstić information content (AvgIpc) is 3.09. The standard InChI is InChI=1S/C22H28F3NO3S/c1-5-21(3,4)18(27)19(28)26-11-10-15(17(26)20(29)30)12-13(2)14-6-8-16(9-7-14)22(23,24)25/h6-9,13,15,17H,5,10-12H2,1-4H3,(H,29,30)/t13-,15?,17?/m0/s1. The molecule has 0 radical (unpaired) electrons. The summed E-state index contributed by atoms with van der Waals surface area (Å²) >= 11 is 3.96. The van der Waals surface area contributed by atoms with Gasteiger partial charge in [-0.3, -0.25) is 14.4 Å². The molecule has 8 heteroatoms. The van der Waals surface area contributed by atoms with E-state index in [1.165, 1.54) is 17.0 Å². The monoisotopic (exact) mass is 443 g/mol. The second-order valence-corrected chi connectivity index (χ2v) is 9.09. The summed E-state index contributed by atoms with van der Waals surface area (Å²) in [6, 6.07) is 4.16. The van der Waals surface area contributed by atoms with Gasteiger partial charge in [0.05, 0.1) is 5.56 Å². The van der Waals surface area contributed by atoms with Crippen LogP contribution in [0.2, 0.25) is 0 Å². The van der Waals surface area contributed by atoms with Crippen LogP contribution in [0, 0.1) is 11.3 Å². The predicted molar refractivity (Wildman–Crippen MR) is 111 cm³/mol. The Bertz CT molecular complexity index is 805. The number of benzene rings is 1. The molecule has 0 aromatic heterocycles. The van der Waals surface area contributed by atoms with E-state index in [-0.39, 0.29) is 18.4 Å². The Morgan fingerprint density at radius 1 is 1.17 bits per heavy atom. The van der Waals surface area contributed by atoms with Crippen LogP contribution in [0.3, 0.4) is 0 Å². The van der Waals surface area contributed by atoms with Crippen molar-refractivity contribution in [2.45, 2.75) is 65.1 Å². The fourth-order valence-corrected chi connectivity index (χ4v) is 4.19. The Labute approximate surface area is 180 Å². The van der Waals surface area contributed by atoms with Crippen molar-refractivity contribution in [2.75, 3.05) is 6.54 Å². The van der Waals surface area contributed by atoms with Gasteiger partial charge in [-0.1, -0.05) is 39.8 Å². The lowest BCUT2D eigenvalue weighted by atomic mass is 9.84. The smallest absolute Gasteiger partial charge is 0.325 e. The topological polar surface area (TPSA) is 54.5 Å². The molecule has 1 aromatic rings. The van der Waals surface area contributed by atoms with E-state index in [0.29, 0.717) is 19.3 Å². The molecule has 0 saturated carbocycles. The van der Waals surface area contributed by atoms with Crippen LogP contribution in [-0.2, 0) is 20.6 Å². The highest BCUT2D eigenvalue weighted by Gasteiger charge is 2.45. The van der Waals surface area contributed by atoms with E-state index in [2.05, 4.69) is 12.6 Å². The summed E-state index contributed by atoms with van der Waals surface area (Å²) in [7, 11) is 0. The first kappa shape index (κ1) is 24.4. The molecule has 0 aliphatic carbocycles. The van der Waals surface area contributed by atoms with Crippen molar-refractivity contribution in [3.63, 3.8) is 0 Å². The van der Waals surface area contributed by atoms with Gasteiger partial charge in [-0.15, -0.1) is 12.6 Å². The summed E-state index contributed by atoms with van der Waals surface area (Å²) in [5.74, 6) is -1.53. The maximum absolute atomic E-state index is 12.8. The number of rotatable bonds is 7. The van der Waals surface area contributed by atoms with Crippen molar-refractivity contribution in [3.05, 3.63) is 35.4 Å². The molecular formula is C22H28F3NO3S. The van der Waals surface area contributed by atoms with Crippen molar-refractivity contribution < 1.29 is 27.6 Å². The van der Waals surface area contributed by atoms with Crippen LogP contribution in [0.4, 0.5) is 13.2 Å². The third kappa shape index (κ3) is 5.25. The quantitative estimate of drug-likeness (QED) is 0.483. The molecular weight excluding hydrogens is 415 g/mol.